The smallest absolute Gasteiger partial charge is 0.456 e. The van der Waals surface area contributed by atoms with Crippen molar-refractivity contribution in [2.24, 2.45) is 5.92 Å². The summed E-state index contributed by atoms with van der Waals surface area (Å²) in [7, 11) is 0. The maximum atomic E-state index is 13.8. The highest BCUT2D eigenvalue weighted by molar-refractivity contribution is 6.31. The number of hydrogen-bond acceptors (Lipinski definition) is 5. The van der Waals surface area contributed by atoms with E-state index in [1.54, 1.807) is 19.1 Å². The number of carbonyl (C=O) groups excluding carboxylic acids is 1. The SMILES string of the molecule is CCOC(=O)[C@@H]1[C@@H](c2ccccc2Cl)c2c(n[nH]c2C)OC1(O)C(F)(F)F. The van der Waals surface area contributed by atoms with Crippen molar-refractivity contribution in [2.45, 2.75) is 31.7 Å². The number of aromatic amines is 1. The number of esters is 1. The van der Waals surface area contributed by atoms with Gasteiger partial charge in [-0.15, -0.1) is 5.10 Å². The van der Waals surface area contributed by atoms with E-state index in [9.17, 15) is 23.1 Å². The highest BCUT2D eigenvalue weighted by Crippen LogP contribution is 2.54. The summed E-state index contributed by atoms with van der Waals surface area (Å²) >= 11 is 6.21. The molecule has 0 saturated carbocycles. The molecule has 0 spiro atoms. The Morgan fingerprint density at radius 1 is 1.44 bits per heavy atom. The number of ether oxygens (including phenoxy) is 2. The van der Waals surface area contributed by atoms with E-state index < -0.39 is 35.6 Å². The Bertz CT molecular complexity index is 870. The first-order valence-corrected chi connectivity index (χ1v) is 8.43. The van der Waals surface area contributed by atoms with Crippen molar-refractivity contribution < 1.29 is 32.5 Å². The van der Waals surface area contributed by atoms with E-state index in [1.165, 1.54) is 19.1 Å². The van der Waals surface area contributed by atoms with E-state index in [0.29, 0.717) is 5.69 Å². The summed E-state index contributed by atoms with van der Waals surface area (Å²) in [5, 5.41) is 16.9. The summed E-state index contributed by atoms with van der Waals surface area (Å²) in [6.07, 6.45) is -5.30. The van der Waals surface area contributed by atoms with Crippen molar-refractivity contribution in [1.82, 2.24) is 10.2 Å². The Morgan fingerprint density at radius 2 is 2.11 bits per heavy atom. The van der Waals surface area contributed by atoms with Gasteiger partial charge in [-0.05, 0) is 25.5 Å². The Labute approximate surface area is 157 Å². The number of aromatic nitrogens is 2. The predicted octanol–water partition coefficient (Wildman–Crippen LogP) is 3.33. The fraction of sp³-hybridized carbons (Fsp3) is 0.412. The molecular formula is C17H16ClF3N2O4. The quantitative estimate of drug-likeness (QED) is 0.767. The molecule has 2 heterocycles. The number of nitrogens with one attached hydrogen (secondary N) is 1. The summed E-state index contributed by atoms with van der Waals surface area (Å²) < 4.78 is 51.1. The molecule has 6 nitrogen and oxygen atoms in total. The Balaban J connectivity index is 2.31. The van der Waals surface area contributed by atoms with Crippen LogP contribution in [0.3, 0.4) is 0 Å². The van der Waals surface area contributed by atoms with Gasteiger partial charge in [0.15, 0.2) is 0 Å². The van der Waals surface area contributed by atoms with Crippen molar-refractivity contribution in [1.29, 1.82) is 0 Å². The second-order valence-corrected chi connectivity index (χ2v) is 6.50. The van der Waals surface area contributed by atoms with Crippen LogP contribution >= 0.6 is 11.6 Å². The molecule has 3 atom stereocenters. The minimum absolute atomic E-state index is 0.134. The van der Waals surface area contributed by atoms with Crippen LogP contribution < -0.4 is 4.74 Å². The topological polar surface area (TPSA) is 84.4 Å². The van der Waals surface area contributed by atoms with E-state index in [-0.39, 0.29) is 22.8 Å². The average Bonchev–Trinajstić information content (AvgIpc) is 2.94. The van der Waals surface area contributed by atoms with Crippen molar-refractivity contribution in [3.05, 3.63) is 46.1 Å². The van der Waals surface area contributed by atoms with Crippen LogP contribution in [0.5, 0.6) is 5.88 Å². The molecule has 1 aromatic carbocycles. The molecule has 2 aromatic rings. The third kappa shape index (κ3) is 3.04. The number of aryl methyl sites for hydroxylation is 1. The molecule has 0 amide bonds. The van der Waals surface area contributed by atoms with Crippen LogP contribution in [0.2, 0.25) is 5.02 Å². The van der Waals surface area contributed by atoms with E-state index in [4.69, 9.17) is 21.1 Å². The van der Waals surface area contributed by atoms with Crippen molar-refractivity contribution >= 4 is 17.6 Å². The fourth-order valence-electron chi connectivity index (χ4n) is 3.29. The summed E-state index contributed by atoms with van der Waals surface area (Å²) in [6.45, 7) is 2.85. The zero-order valence-electron chi connectivity index (χ0n) is 14.3. The molecule has 0 bridgehead atoms. The lowest BCUT2D eigenvalue weighted by Gasteiger charge is -2.42. The molecule has 3 rings (SSSR count). The first-order valence-electron chi connectivity index (χ1n) is 8.05. The highest BCUT2D eigenvalue weighted by atomic mass is 35.5. The maximum Gasteiger partial charge on any atom is 0.456 e. The number of benzene rings is 1. The summed E-state index contributed by atoms with van der Waals surface area (Å²) in [6, 6.07) is 6.14. The van der Waals surface area contributed by atoms with Crippen LogP contribution in [0.4, 0.5) is 13.2 Å². The van der Waals surface area contributed by atoms with Gasteiger partial charge in [0.05, 0.1) is 6.61 Å². The number of carbonyl (C=O) groups is 1. The minimum atomic E-state index is -5.30. The van der Waals surface area contributed by atoms with Gasteiger partial charge in [-0.1, -0.05) is 29.8 Å². The number of hydrogen-bond donors (Lipinski definition) is 2. The Hall–Kier alpha value is -2.26. The number of H-pyrrole nitrogens is 1. The van der Waals surface area contributed by atoms with E-state index in [0.717, 1.165) is 0 Å². The van der Waals surface area contributed by atoms with Gasteiger partial charge in [-0.2, -0.15) is 13.2 Å². The standard InChI is InChI=1S/C17H16ClF3N2O4/c1-3-26-15(24)13-12(9-6-4-5-7-10(9)18)11-8(2)22-23-14(11)27-16(13,25)17(19,20)21/h4-7,12-13,25H,3H2,1-2H3,(H,22,23)/t12-,13-,16?/m0/s1. The monoisotopic (exact) mass is 404 g/mol. The number of fused-ring (bicyclic) bond motifs is 1. The molecule has 1 aromatic heterocycles. The fourth-order valence-corrected chi connectivity index (χ4v) is 3.54. The van der Waals surface area contributed by atoms with Gasteiger partial charge in [0, 0.05) is 22.2 Å². The molecule has 10 heteroatoms. The number of alkyl halides is 3. The van der Waals surface area contributed by atoms with Gasteiger partial charge < -0.3 is 14.6 Å². The van der Waals surface area contributed by atoms with Gasteiger partial charge in [-0.25, -0.2) is 0 Å². The molecule has 27 heavy (non-hydrogen) atoms. The minimum Gasteiger partial charge on any atom is -0.466 e. The van der Waals surface area contributed by atoms with Crippen LogP contribution in [0.15, 0.2) is 24.3 Å². The number of halogens is 4. The lowest BCUT2D eigenvalue weighted by molar-refractivity contribution is -0.359. The maximum absolute atomic E-state index is 13.8. The van der Waals surface area contributed by atoms with Crippen LogP contribution in [-0.4, -0.2) is 39.8 Å². The van der Waals surface area contributed by atoms with Gasteiger partial charge >= 0.3 is 17.9 Å². The van der Waals surface area contributed by atoms with Gasteiger partial charge in [0.1, 0.15) is 5.92 Å². The second kappa shape index (κ2) is 6.72. The zero-order chi connectivity index (χ0) is 20.0. The normalized spacial score (nSPS) is 24.9. The Kier molecular flexibility index (Phi) is 4.85. The van der Waals surface area contributed by atoms with Crippen LogP contribution in [0.25, 0.3) is 0 Å². The molecule has 146 valence electrons. The summed E-state index contributed by atoms with van der Waals surface area (Å²) in [4.78, 5) is 12.6. The molecule has 1 aliphatic heterocycles. The lowest BCUT2D eigenvalue weighted by atomic mass is 9.74. The summed E-state index contributed by atoms with van der Waals surface area (Å²) in [5.41, 5.74) is 0.803. The lowest BCUT2D eigenvalue weighted by Crippen LogP contribution is -2.62. The average molecular weight is 405 g/mol. The van der Waals surface area contributed by atoms with Crippen LogP contribution in [0, 0.1) is 12.8 Å². The van der Waals surface area contributed by atoms with E-state index in [2.05, 4.69) is 10.2 Å². The second-order valence-electron chi connectivity index (χ2n) is 6.09. The third-order valence-corrected chi connectivity index (χ3v) is 4.81. The first-order chi connectivity index (χ1) is 12.6. The van der Waals surface area contributed by atoms with Crippen molar-refractivity contribution in [2.75, 3.05) is 6.61 Å². The first kappa shape index (κ1) is 19.5. The van der Waals surface area contributed by atoms with Gasteiger partial charge in [-0.3, -0.25) is 9.89 Å². The van der Waals surface area contributed by atoms with E-state index >= 15 is 0 Å². The third-order valence-electron chi connectivity index (χ3n) is 4.46. The molecule has 1 aliphatic rings. The number of rotatable bonds is 3. The van der Waals surface area contributed by atoms with Crippen LogP contribution in [0.1, 0.15) is 29.7 Å². The largest absolute Gasteiger partial charge is 0.466 e. The number of aliphatic hydroxyl groups is 1. The zero-order valence-corrected chi connectivity index (χ0v) is 15.1. The predicted molar refractivity (Wildman–Crippen MR) is 88.4 cm³/mol. The molecular weight excluding hydrogens is 389 g/mol. The molecule has 0 radical (unpaired) electrons. The molecule has 2 N–H and O–H groups in total. The Morgan fingerprint density at radius 3 is 2.70 bits per heavy atom. The molecule has 0 aliphatic carbocycles. The molecule has 0 saturated heterocycles. The molecule has 1 unspecified atom stereocenters. The van der Waals surface area contributed by atoms with Gasteiger partial charge in [0.25, 0.3) is 0 Å². The highest BCUT2D eigenvalue weighted by Gasteiger charge is 2.69. The van der Waals surface area contributed by atoms with Crippen molar-refractivity contribution in [3.8, 4) is 5.88 Å². The van der Waals surface area contributed by atoms with E-state index in [1.807, 2.05) is 0 Å². The van der Waals surface area contributed by atoms with Gasteiger partial charge in [0.2, 0.25) is 5.88 Å². The number of nitrogens with zero attached hydrogens (tertiary/aromatic N) is 1. The van der Waals surface area contributed by atoms with Crippen LogP contribution in [-0.2, 0) is 9.53 Å². The summed E-state index contributed by atoms with van der Waals surface area (Å²) in [5.74, 6) is -8.96. The molecule has 0 fully saturated rings. The van der Waals surface area contributed by atoms with Crippen molar-refractivity contribution in [3.63, 3.8) is 0 Å².